The van der Waals surface area contributed by atoms with Gasteiger partial charge in [-0.3, -0.25) is 0 Å². The maximum Gasteiger partial charge on any atom is 0.0408 e. The van der Waals surface area contributed by atoms with Gasteiger partial charge in [0.25, 0.3) is 0 Å². The fraction of sp³-hybridized carbons (Fsp3) is 0.333. The van der Waals surface area contributed by atoms with Gasteiger partial charge in [-0.05, 0) is 55.9 Å². The van der Waals surface area contributed by atoms with Crippen LogP contribution in [0.1, 0.15) is 22.3 Å². The van der Waals surface area contributed by atoms with Crippen LogP contribution in [-0.2, 0) is 12.8 Å². The SMILES string of the molecule is Cc1cc(C)cc(CC(CCl)Cc2cccc(Cl)c2)c1. The predicted octanol–water partition coefficient (Wildman–Crippen LogP) is 5.60. The van der Waals surface area contributed by atoms with Crippen LogP contribution in [0.5, 0.6) is 0 Å². The van der Waals surface area contributed by atoms with Crippen LogP contribution < -0.4 is 0 Å². The van der Waals surface area contributed by atoms with Crippen LogP contribution in [0.15, 0.2) is 42.5 Å². The lowest BCUT2D eigenvalue weighted by atomic mass is 9.92. The Morgan fingerprint density at radius 3 is 2.15 bits per heavy atom. The van der Waals surface area contributed by atoms with Crippen molar-refractivity contribution in [1.29, 1.82) is 0 Å². The molecular weight excluding hydrogens is 287 g/mol. The smallest absolute Gasteiger partial charge is 0.0408 e. The summed E-state index contributed by atoms with van der Waals surface area (Å²) in [5.41, 5.74) is 5.26. The summed E-state index contributed by atoms with van der Waals surface area (Å²) in [5.74, 6) is 1.11. The van der Waals surface area contributed by atoms with Crippen molar-refractivity contribution in [2.24, 2.45) is 5.92 Å². The van der Waals surface area contributed by atoms with Crippen LogP contribution in [0, 0.1) is 19.8 Å². The van der Waals surface area contributed by atoms with Crippen LogP contribution >= 0.6 is 23.2 Å². The largest absolute Gasteiger partial charge is 0.126 e. The van der Waals surface area contributed by atoms with E-state index in [1.165, 1.54) is 22.3 Å². The zero-order valence-electron chi connectivity index (χ0n) is 12.0. The Balaban J connectivity index is 2.09. The fourth-order valence-electron chi connectivity index (χ4n) is 2.70. The molecule has 2 aromatic rings. The van der Waals surface area contributed by atoms with Gasteiger partial charge in [-0.15, -0.1) is 11.6 Å². The Morgan fingerprint density at radius 1 is 0.900 bits per heavy atom. The van der Waals surface area contributed by atoms with Crippen molar-refractivity contribution in [2.45, 2.75) is 26.7 Å². The molecule has 0 aromatic heterocycles. The van der Waals surface area contributed by atoms with E-state index >= 15 is 0 Å². The minimum atomic E-state index is 0.441. The average Bonchev–Trinajstić information content (AvgIpc) is 2.36. The average molecular weight is 307 g/mol. The second kappa shape index (κ2) is 7.15. The molecule has 0 spiro atoms. The topological polar surface area (TPSA) is 0 Å². The third kappa shape index (κ3) is 4.54. The number of hydrogen-bond acceptors (Lipinski definition) is 0. The maximum atomic E-state index is 6.15. The van der Waals surface area contributed by atoms with Gasteiger partial charge in [0.2, 0.25) is 0 Å². The first-order chi connectivity index (χ1) is 9.56. The number of aryl methyl sites for hydroxylation is 2. The fourth-order valence-corrected chi connectivity index (χ4v) is 3.13. The molecule has 0 aliphatic rings. The zero-order valence-corrected chi connectivity index (χ0v) is 13.5. The molecule has 2 heteroatoms. The molecular formula is C18H20Cl2. The number of halogens is 2. The summed E-state index contributed by atoms with van der Waals surface area (Å²) >= 11 is 12.2. The highest BCUT2D eigenvalue weighted by atomic mass is 35.5. The molecule has 0 heterocycles. The van der Waals surface area contributed by atoms with E-state index in [0.717, 1.165) is 17.9 Å². The Morgan fingerprint density at radius 2 is 1.55 bits per heavy atom. The molecule has 0 aliphatic carbocycles. The van der Waals surface area contributed by atoms with E-state index in [1.54, 1.807) is 0 Å². The molecule has 0 saturated heterocycles. The van der Waals surface area contributed by atoms with E-state index in [4.69, 9.17) is 23.2 Å². The lowest BCUT2D eigenvalue weighted by Crippen LogP contribution is -2.10. The molecule has 20 heavy (non-hydrogen) atoms. The lowest BCUT2D eigenvalue weighted by molar-refractivity contribution is 0.583. The van der Waals surface area contributed by atoms with Crippen LogP contribution in [-0.4, -0.2) is 5.88 Å². The molecule has 0 fully saturated rings. The van der Waals surface area contributed by atoms with E-state index in [1.807, 2.05) is 18.2 Å². The van der Waals surface area contributed by atoms with Gasteiger partial charge < -0.3 is 0 Å². The Hall–Kier alpha value is -0.980. The van der Waals surface area contributed by atoms with E-state index in [9.17, 15) is 0 Å². The molecule has 1 unspecified atom stereocenters. The van der Waals surface area contributed by atoms with Crippen molar-refractivity contribution in [3.05, 3.63) is 69.7 Å². The molecule has 2 rings (SSSR count). The molecule has 2 aromatic carbocycles. The first-order valence-electron chi connectivity index (χ1n) is 6.94. The Labute approximate surface area is 131 Å². The van der Waals surface area contributed by atoms with Crippen LogP contribution in [0.4, 0.5) is 0 Å². The quantitative estimate of drug-likeness (QED) is 0.631. The van der Waals surface area contributed by atoms with E-state index in [2.05, 4.69) is 38.1 Å². The summed E-state index contributed by atoms with van der Waals surface area (Å²) in [7, 11) is 0. The lowest BCUT2D eigenvalue weighted by Gasteiger charge is -2.15. The van der Waals surface area contributed by atoms with Gasteiger partial charge in [0.05, 0.1) is 0 Å². The van der Waals surface area contributed by atoms with Crippen LogP contribution in [0.3, 0.4) is 0 Å². The number of hydrogen-bond donors (Lipinski definition) is 0. The molecule has 0 nitrogen and oxygen atoms in total. The highest BCUT2D eigenvalue weighted by Crippen LogP contribution is 2.20. The second-order valence-electron chi connectivity index (χ2n) is 5.55. The molecule has 0 amide bonds. The van der Waals surface area contributed by atoms with Gasteiger partial charge in [0.1, 0.15) is 0 Å². The summed E-state index contributed by atoms with van der Waals surface area (Å²) in [6.07, 6.45) is 1.98. The van der Waals surface area contributed by atoms with Gasteiger partial charge in [-0.2, -0.15) is 0 Å². The van der Waals surface area contributed by atoms with Crippen molar-refractivity contribution >= 4 is 23.2 Å². The third-order valence-electron chi connectivity index (χ3n) is 3.44. The number of benzene rings is 2. The number of rotatable bonds is 5. The van der Waals surface area contributed by atoms with E-state index in [-0.39, 0.29) is 0 Å². The summed E-state index contributed by atoms with van der Waals surface area (Å²) < 4.78 is 0. The van der Waals surface area contributed by atoms with Gasteiger partial charge >= 0.3 is 0 Å². The molecule has 0 saturated carbocycles. The molecule has 1 atom stereocenters. The minimum absolute atomic E-state index is 0.441. The summed E-state index contributed by atoms with van der Waals surface area (Å²) in [6.45, 7) is 4.28. The standard InChI is InChI=1S/C18H20Cl2/c1-13-6-14(2)8-16(7-13)10-17(12-19)9-15-4-3-5-18(20)11-15/h3-8,11,17H,9-10,12H2,1-2H3. The van der Waals surface area contributed by atoms with Gasteiger partial charge in [0, 0.05) is 10.9 Å². The van der Waals surface area contributed by atoms with Crippen molar-refractivity contribution in [3.8, 4) is 0 Å². The second-order valence-corrected chi connectivity index (χ2v) is 6.30. The van der Waals surface area contributed by atoms with Crippen molar-refractivity contribution in [1.82, 2.24) is 0 Å². The normalized spacial score (nSPS) is 12.4. The summed E-state index contributed by atoms with van der Waals surface area (Å²) in [5, 5.41) is 0.794. The molecule has 0 radical (unpaired) electrons. The van der Waals surface area contributed by atoms with Gasteiger partial charge in [-0.25, -0.2) is 0 Å². The summed E-state index contributed by atoms with van der Waals surface area (Å²) in [4.78, 5) is 0. The summed E-state index contributed by atoms with van der Waals surface area (Å²) in [6, 6.07) is 14.8. The van der Waals surface area contributed by atoms with Crippen molar-refractivity contribution in [3.63, 3.8) is 0 Å². The van der Waals surface area contributed by atoms with Crippen molar-refractivity contribution in [2.75, 3.05) is 5.88 Å². The maximum absolute atomic E-state index is 6.15. The van der Waals surface area contributed by atoms with Crippen LogP contribution in [0.2, 0.25) is 5.02 Å². The molecule has 0 N–H and O–H groups in total. The Kier molecular flexibility index (Phi) is 5.51. The molecule has 0 aliphatic heterocycles. The predicted molar refractivity (Wildman–Crippen MR) is 89.0 cm³/mol. The van der Waals surface area contributed by atoms with Crippen LogP contribution in [0.25, 0.3) is 0 Å². The Bertz CT molecular complexity index is 555. The first-order valence-corrected chi connectivity index (χ1v) is 7.85. The molecule has 0 bridgehead atoms. The highest BCUT2D eigenvalue weighted by Gasteiger charge is 2.10. The first kappa shape index (κ1) is 15.4. The minimum Gasteiger partial charge on any atom is -0.126 e. The third-order valence-corrected chi connectivity index (χ3v) is 4.11. The zero-order chi connectivity index (χ0) is 14.5. The molecule has 106 valence electrons. The van der Waals surface area contributed by atoms with Gasteiger partial charge in [-0.1, -0.05) is 53.1 Å². The number of alkyl halides is 1. The monoisotopic (exact) mass is 306 g/mol. The van der Waals surface area contributed by atoms with Crippen molar-refractivity contribution < 1.29 is 0 Å². The van der Waals surface area contributed by atoms with E-state index in [0.29, 0.717) is 11.8 Å². The van der Waals surface area contributed by atoms with Gasteiger partial charge in [0.15, 0.2) is 0 Å². The highest BCUT2D eigenvalue weighted by molar-refractivity contribution is 6.30. The van der Waals surface area contributed by atoms with E-state index < -0.39 is 0 Å².